The fraction of sp³-hybridized carbons (Fsp3) is 0.417. The Morgan fingerprint density at radius 2 is 2.25 bits per heavy atom. The Morgan fingerprint density at radius 3 is 2.81 bits per heavy atom. The molecule has 0 bridgehead atoms. The fourth-order valence-electron chi connectivity index (χ4n) is 1.33. The van der Waals surface area contributed by atoms with Crippen molar-refractivity contribution in [3.05, 3.63) is 28.8 Å². The number of Topliss-reactive ketones (excluding diaryl/α,β-unsaturated/α-hetero) is 1. The summed E-state index contributed by atoms with van der Waals surface area (Å²) in [7, 11) is 1.82. The van der Waals surface area contributed by atoms with E-state index < -0.39 is 0 Å². The highest BCUT2D eigenvalue weighted by Gasteiger charge is 2.08. The SMILES string of the molecule is CCOc1ccc(C(=O)CCNC)cc1Cl. The molecule has 16 heavy (non-hydrogen) atoms. The predicted molar refractivity (Wildman–Crippen MR) is 65.5 cm³/mol. The highest BCUT2D eigenvalue weighted by Crippen LogP contribution is 2.25. The Bertz CT molecular complexity index is 366. The van der Waals surface area contributed by atoms with Gasteiger partial charge < -0.3 is 10.1 Å². The summed E-state index contributed by atoms with van der Waals surface area (Å²) < 4.78 is 5.30. The van der Waals surface area contributed by atoms with Gasteiger partial charge in [-0.05, 0) is 32.2 Å². The molecule has 0 fully saturated rings. The summed E-state index contributed by atoms with van der Waals surface area (Å²) in [6, 6.07) is 5.14. The lowest BCUT2D eigenvalue weighted by Crippen LogP contribution is -2.13. The Kier molecular flexibility index (Phi) is 5.29. The quantitative estimate of drug-likeness (QED) is 0.778. The molecule has 0 amide bonds. The second kappa shape index (κ2) is 6.51. The van der Waals surface area contributed by atoms with Gasteiger partial charge >= 0.3 is 0 Å². The zero-order chi connectivity index (χ0) is 12.0. The van der Waals surface area contributed by atoms with Crippen LogP contribution >= 0.6 is 11.6 Å². The minimum atomic E-state index is 0.0827. The van der Waals surface area contributed by atoms with E-state index in [-0.39, 0.29) is 5.78 Å². The first-order valence-electron chi connectivity index (χ1n) is 5.29. The first-order valence-corrected chi connectivity index (χ1v) is 5.67. The molecule has 1 N–H and O–H groups in total. The zero-order valence-corrected chi connectivity index (χ0v) is 10.3. The summed E-state index contributed by atoms with van der Waals surface area (Å²) in [6.45, 7) is 3.12. The normalized spacial score (nSPS) is 10.2. The number of carbonyl (C=O) groups is 1. The van der Waals surface area contributed by atoms with E-state index in [1.165, 1.54) is 0 Å². The van der Waals surface area contributed by atoms with Gasteiger partial charge in [-0.3, -0.25) is 4.79 Å². The molecule has 1 aromatic carbocycles. The molecule has 0 aromatic heterocycles. The number of ketones is 1. The van der Waals surface area contributed by atoms with Crippen molar-refractivity contribution in [3.8, 4) is 5.75 Å². The number of ether oxygens (including phenoxy) is 1. The largest absolute Gasteiger partial charge is 0.492 e. The van der Waals surface area contributed by atoms with E-state index in [9.17, 15) is 4.79 Å². The minimum absolute atomic E-state index is 0.0827. The molecule has 0 unspecified atom stereocenters. The maximum atomic E-state index is 11.7. The topological polar surface area (TPSA) is 38.3 Å². The molecule has 0 atom stereocenters. The number of hydrogen-bond donors (Lipinski definition) is 1. The van der Waals surface area contributed by atoms with Crippen molar-refractivity contribution < 1.29 is 9.53 Å². The predicted octanol–water partition coefficient (Wildman–Crippen LogP) is 2.53. The second-order valence-electron chi connectivity index (χ2n) is 3.35. The van der Waals surface area contributed by atoms with Gasteiger partial charge in [-0.15, -0.1) is 0 Å². The molecule has 0 saturated heterocycles. The van der Waals surface area contributed by atoms with Gasteiger partial charge in [-0.25, -0.2) is 0 Å². The Hall–Kier alpha value is -1.06. The summed E-state index contributed by atoms with van der Waals surface area (Å²) in [4.78, 5) is 11.7. The zero-order valence-electron chi connectivity index (χ0n) is 9.55. The summed E-state index contributed by atoms with van der Waals surface area (Å²) in [5.41, 5.74) is 0.628. The molecule has 1 aromatic rings. The van der Waals surface area contributed by atoms with Crippen molar-refractivity contribution in [1.82, 2.24) is 5.32 Å². The van der Waals surface area contributed by atoms with E-state index in [4.69, 9.17) is 16.3 Å². The highest BCUT2D eigenvalue weighted by atomic mass is 35.5. The summed E-state index contributed by atoms with van der Waals surface area (Å²) in [5, 5.41) is 3.42. The first kappa shape index (κ1) is 13.0. The smallest absolute Gasteiger partial charge is 0.164 e. The molecule has 0 saturated carbocycles. The van der Waals surface area contributed by atoms with E-state index in [0.717, 1.165) is 0 Å². The Labute approximate surface area is 101 Å². The van der Waals surface area contributed by atoms with Gasteiger partial charge in [0.2, 0.25) is 0 Å². The number of halogens is 1. The standard InChI is InChI=1S/C12H16ClNO2/c1-3-16-12-5-4-9(8-10(12)13)11(15)6-7-14-2/h4-5,8,14H,3,6-7H2,1-2H3. The van der Waals surface area contributed by atoms with Crippen molar-refractivity contribution in [1.29, 1.82) is 0 Å². The molecular weight excluding hydrogens is 226 g/mol. The Balaban J connectivity index is 2.76. The average molecular weight is 242 g/mol. The number of benzene rings is 1. The lowest BCUT2D eigenvalue weighted by atomic mass is 10.1. The lowest BCUT2D eigenvalue weighted by Gasteiger charge is -2.07. The minimum Gasteiger partial charge on any atom is -0.492 e. The van der Waals surface area contributed by atoms with Crippen molar-refractivity contribution in [2.75, 3.05) is 20.2 Å². The van der Waals surface area contributed by atoms with Crippen LogP contribution in [0.1, 0.15) is 23.7 Å². The van der Waals surface area contributed by atoms with E-state index in [0.29, 0.717) is 35.9 Å². The van der Waals surface area contributed by atoms with Crippen molar-refractivity contribution >= 4 is 17.4 Å². The van der Waals surface area contributed by atoms with E-state index in [1.54, 1.807) is 18.2 Å². The van der Waals surface area contributed by atoms with Crippen molar-refractivity contribution in [2.45, 2.75) is 13.3 Å². The monoisotopic (exact) mass is 241 g/mol. The molecule has 0 spiro atoms. The molecule has 0 heterocycles. The molecule has 4 heteroatoms. The molecule has 1 rings (SSSR count). The average Bonchev–Trinajstić information content (AvgIpc) is 2.29. The Morgan fingerprint density at radius 1 is 1.50 bits per heavy atom. The second-order valence-corrected chi connectivity index (χ2v) is 3.76. The summed E-state index contributed by atoms with van der Waals surface area (Å²) in [6.07, 6.45) is 0.473. The third kappa shape index (κ3) is 3.51. The van der Waals surface area contributed by atoms with Crippen LogP contribution in [0.3, 0.4) is 0 Å². The van der Waals surface area contributed by atoms with Gasteiger partial charge in [0.1, 0.15) is 5.75 Å². The van der Waals surface area contributed by atoms with E-state index >= 15 is 0 Å². The number of nitrogens with one attached hydrogen (secondary N) is 1. The molecule has 0 aliphatic carbocycles. The number of rotatable bonds is 6. The molecular formula is C12H16ClNO2. The van der Waals surface area contributed by atoms with Crippen molar-refractivity contribution in [2.24, 2.45) is 0 Å². The van der Waals surface area contributed by atoms with Gasteiger partial charge in [-0.1, -0.05) is 11.6 Å². The molecule has 88 valence electrons. The third-order valence-electron chi connectivity index (χ3n) is 2.16. The molecule has 3 nitrogen and oxygen atoms in total. The van der Waals surface area contributed by atoms with Crippen molar-refractivity contribution in [3.63, 3.8) is 0 Å². The van der Waals surface area contributed by atoms with E-state index in [1.807, 2.05) is 14.0 Å². The van der Waals surface area contributed by atoms with Crippen LogP contribution in [-0.4, -0.2) is 26.0 Å². The maximum Gasteiger partial charge on any atom is 0.164 e. The van der Waals surface area contributed by atoms with Gasteiger partial charge in [0, 0.05) is 18.5 Å². The van der Waals surface area contributed by atoms with Gasteiger partial charge in [0.05, 0.1) is 11.6 Å². The number of carbonyl (C=O) groups excluding carboxylic acids is 1. The first-order chi connectivity index (χ1) is 7.69. The van der Waals surface area contributed by atoms with Crippen LogP contribution in [-0.2, 0) is 0 Å². The lowest BCUT2D eigenvalue weighted by molar-refractivity contribution is 0.0983. The highest BCUT2D eigenvalue weighted by molar-refractivity contribution is 6.32. The maximum absolute atomic E-state index is 11.7. The van der Waals surface area contributed by atoms with Gasteiger partial charge in [-0.2, -0.15) is 0 Å². The number of hydrogen-bond acceptors (Lipinski definition) is 3. The van der Waals surface area contributed by atoms with Gasteiger partial charge in [0.15, 0.2) is 5.78 Å². The van der Waals surface area contributed by atoms with Crippen LogP contribution < -0.4 is 10.1 Å². The molecule has 0 aliphatic rings. The van der Waals surface area contributed by atoms with E-state index in [2.05, 4.69) is 5.32 Å². The summed E-state index contributed by atoms with van der Waals surface area (Å²) >= 11 is 5.99. The summed E-state index contributed by atoms with van der Waals surface area (Å²) in [5.74, 6) is 0.702. The van der Waals surface area contributed by atoms with Crippen LogP contribution in [0, 0.1) is 0 Å². The van der Waals surface area contributed by atoms with Crippen LogP contribution in [0.25, 0.3) is 0 Å². The molecule has 0 radical (unpaired) electrons. The van der Waals surface area contributed by atoms with Crippen LogP contribution in [0.15, 0.2) is 18.2 Å². The fourth-order valence-corrected chi connectivity index (χ4v) is 1.56. The van der Waals surface area contributed by atoms with Gasteiger partial charge in [0.25, 0.3) is 0 Å². The molecule has 0 aliphatic heterocycles. The van der Waals surface area contributed by atoms with Crippen LogP contribution in [0.2, 0.25) is 5.02 Å². The van der Waals surface area contributed by atoms with Crippen LogP contribution in [0.4, 0.5) is 0 Å². The third-order valence-corrected chi connectivity index (χ3v) is 2.45. The van der Waals surface area contributed by atoms with Crippen LogP contribution in [0.5, 0.6) is 5.75 Å².